The van der Waals surface area contributed by atoms with Gasteiger partial charge in [-0.3, -0.25) is 19.3 Å². The lowest BCUT2D eigenvalue weighted by molar-refractivity contribution is -0.116. The van der Waals surface area contributed by atoms with Gasteiger partial charge >= 0.3 is 0 Å². The van der Waals surface area contributed by atoms with E-state index in [2.05, 4.69) is 5.32 Å². The van der Waals surface area contributed by atoms with Gasteiger partial charge in [-0.15, -0.1) is 0 Å². The van der Waals surface area contributed by atoms with E-state index in [1.165, 1.54) is 4.90 Å². The SMILES string of the molecule is O=C(CCCCCCCCCCN1C(=O)c2ccccc2C1=O)Nc1ccccc1. The molecule has 0 unspecified atom stereocenters. The van der Waals surface area contributed by atoms with E-state index in [1.807, 2.05) is 30.3 Å². The van der Waals surface area contributed by atoms with E-state index in [4.69, 9.17) is 0 Å². The van der Waals surface area contributed by atoms with Crippen molar-refractivity contribution in [2.24, 2.45) is 0 Å². The highest BCUT2D eigenvalue weighted by molar-refractivity contribution is 6.21. The average Bonchev–Trinajstić information content (AvgIpc) is 3.00. The molecule has 1 aliphatic heterocycles. The molecular formula is C25H30N2O3. The van der Waals surface area contributed by atoms with E-state index in [1.54, 1.807) is 24.3 Å². The number of carbonyl (C=O) groups is 3. The van der Waals surface area contributed by atoms with Gasteiger partial charge in [-0.2, -0.15) is 0 Å². The van der Waals surface area contributed by atoms with Crippen LogP contribution >= 0.6 is 0 Å². The van der Waals surface area contributed by atoms with Gasteiger partial charge in [0.2, 0.25) is 5.91 Å². The minimum Gasteiger partial charge on any atom is -0.326 e. The molecule has 158 valence electrons. The number of para-hydroxylation sites is 1. The summed E-state index contributed by atoms with van der Waals surface area (Å²) in [5.74, 6) is -0.242. The number of imide groups is 1. The molecule has 0 radical (unpaired) electrons. The van der Waals surface area contributed by atoms with Crippen LogP contribution in [0.2, 0.25) is 0 Å². The highest BCUT2D eigenvalue weighted by Gasteiger charge is 2.34. The zero-order valence-electron chi connectivity index (χ0n) is 17.4. The molecule has 2 aromatic rings. The van der Waals surface area contributed by atoms with E-state index in [9.17, 15) is 14.4 Å². The number of nitrogens with zero attached hydrogens (tertiary/aromatic N) is 1. The summed E-state index contributed by atoms with van der Waals surface area (Å²) in [5.41, 5.74) is 1.91. The van der Waals surface area contributed by atoms with Crippen LogP contribution in [0.4, 0.5) is 5.69 Å². The molecule has 3 rings (SSSR count). The van der Waals surface area contributed by atoms with Crippen molar-refractivity contribution in [3.63, 3.8) is 0 Å². The summed E-state index contributed by atoms with van der Waals surface area (Å²) in [7, 11) is 0. The second-order valence-electron chi connectivity index (χ2n) is 7.80. The van der Waals surface area contributed by atoms with Crippen molar-refractivity contribution in [2.45, 2.75) is 57.8 Å². The zero-order valence-corrected chi connectivity index (χ0v) is 17.4. The van der Waals surface area contributed by atoms with Crippen LogP contribution in [0.5, 0.6) is 0 Å². The smallest absolute Gasteiger partial charge is 0.261 e. The Morgan fingerprint density at radius 1 is 0.667 bits per heavy atom. The topological polar surface area (TPSA) is 66.5 Å². The largest absolute Gasteiger partial charge is 0.326 e. The summed E-state index contributed by atoms with van der Waals surface area (Å²) in [6, 6.07) is 16.6. The molecule has 0 atom stereocenters. The molecule has 0 aromatic heterocycles. The maximum atomic E-state index is 12.3. The zero-order chi connectivity index (χ0) is 21.2. The van der Waals surface area contributed by atoms with Gasteiger partial charge in [0.15, 0.2) is 0 Å². The molecule has 1 heterocycles. The minimum absolute atomic E-state index is 0.0781. The Labute approximate surface area is 178 Å². The maximum absolute atomic E-state index is 12.3. The number of nitrogens with one attached hydrogen (secondary N) is 1. The second-order valence-corrected chi connectivity index (χ2v) is 7.80. The number of amides is 3. The first-order valence-corrected chi connectivity index (χ1v) is 11.0. The fraction of sp³-hybridized carbons (Fsp3) is 0.400. The van der Waals surface area contributed by atoms with Gasteiger partial charge in [0.25, 0.3) is 11.8 Å². The number of carbonyl (C=O) groups excluding carboxylic acids is 3. The third-order valence-electron chi connectivity index (χ3n) is 5.47. The number of anilines is 1. The Kier molecular flexibility index (Phi) is 8.19. The van der Waals surface area contributed by atoms with E-state index >= 15 is 0 Å². The second kappa shape index (κ2) is 11.3. The summed E-state index contributed by atoms with van der Waals surface area (Å²) in [6.45, 7) is 0.503. The molecule has 0 aliphatic carbocycles. The number of rotatable bonds is 12. The van der Waals surface area contributed by atoms with Crippen molar-refractivity contribution in [2.75, 3.05) is 11.9 Å². The summed E-state index contributed by atoms with van der Waals surface area (Å²) in [4.78, 5) is 37.9. The van der Waals surface area contributed by atoms with E-state index in [0.29, 0.717) is 24.1 Å². The van der Waals surface area contributed by atoms with Crippen LogP contribution in [0.1, 0.15) is 78.5 Å². The molecule has 5 heteroatoms. The molecular weight excluding hydrogens is 376 g/mol. The minimum atomic E-state index is -0.160. The molecule has 0 fully saturated rings. The van der Waals surface area contributed by atoms with Crippen molar-refractivity contribution in [3.8, 4) is 0 Å². The van der Waals surface area contributed by atoms with Gasteiger partial charge in [-0.05, 0) is 37.1 Å². The molecule has 5 nitrogen and oxygen atoms in total. The summed E-state index contributed by atoms with van der Waals surface area (Å²) < 4.78 is 0. The monoisotopic (exact) mass is 406 g/mol. The number of hydrogen-bond donors (Lipinski definition) is 1. The van der Waals surface area contributed by atoms with Crippen LogP contribution in [0.3, 0.4) is 0 Å². The van der Waals surface area contributed by atoms with E-state index in [0.717, 1.165) is 57.1 Å². The predicted molar refractivity (Wildman–Crippen MR) is 118 cm³/mol. The Morgan fingerprint density at radius 3 is 1.77 bits per heavy atom. The lowest BCUT2D eigenvalue weighted by Crippen LogP contribution is -2.30. The third kappa shape index (κ3) is 6.02. The van der Waals surface area contributed by atoms with Gasteiger partial charge < -0.3 is 5.32 Å². The first-order valence-electron chi connectivity index (χ1n) is 11.0. The fourth-order valence-corrected chi connectivity index (χ4v) is 3.80. The van der Waals surface area contributed by atoms with Gasteiger partial charge in [0, 0.05) is 18.7 Å². The Hall–Kier alpha value is -2.95. The number of benzene rings is 2. The predicted octanol–water partition coefficient (Wildman–Crippen LogP) is 5.43. The van der Waals surface area contributed by atoms with Crippen LogP contribution in [0.25, 0.3) is 0 Å². The lowest BCUT2D eigenvalue weighted by atomic mass is 10.1. The molecule has 30 heavy (non-hydrogen) atoms. The highest BCUT2D eigenvalue weighted by Crippen LogP contribution is 2.23. The van der Waals surface area contributed by atoms with Crippen LogP contribution in [0.15, 0.2) is 54.6 Å². The Bertz CT molecular complexity index is 829. The van der Waals surface area contributed by atoms with Crippen LogP contribution in [0, 0.1) is 0 Å². The Balaban J connectivity index is 1.18. The van der Waals surface area contributed by atoms with Gasteiger partial charge in [0.05, 0.1) is 11.1 Å². The van der Waals surface area contributed by atoms with Crippen LogP contribution in [-0.4, -0.2) is 29.2 Å². The maximum Gasteiger partial charge on any atom is 0.261 e. The highest BCUT2D eigenvalue weighted by atomic mass is 16.2. The van der Waals surface area contributed by atoms with Gasteiger partial charge in [-0.1, -0.05) is 68.9 Å². The quantitative estimate of drug-likeness (QED) is 0.377. The molecule has 1 N–H and O–H groups in total. The summed E-state index contributed by atoms with van der Waals surface area (Å²) in [5, 5.41) is 2.91. The number of hydrogen-bond acceptors (Lipinski definition) is 3. The third-order valence-corrected chi connectivity index (χ3v) is 5.47. The summed E-state index contributed by atoms with van der Waals surface area (Å²) >= 11 is 0. The number of unbranched alkanes of at least 4 members (excludes halogenated alkanes) is 7. The van der Waals surface area contributed by atoms with Crippen molar-refractivity contribution < 1.29 is 14.4 Å². The first-order chi connectivity index (χ1) is 14.7. The fourth-order valence-electron chi connectivity index (χ4n) is 3.80. The normalized spacial score (nSPS) is 12.9. The van der Waals surface area contributed by atoms with E-state index < -0.39 is 0 Å². The Morgan fingerprint density at radius 2 is 1.17 bits per heavy atom. The van der Waals surface area contributed by atoms with Crippen molar-refractivity contribution >= 4 is 23.4 Å². The van der Waals surface area contributed by atoms with Gasteiger partial charge in [-0.25, -0.2) is 0 Å². The van der Waals surface area contributed by atoms with Gasteiger partial charge in [0.1, 0.15) is 0 Å². The molecule has 0 spiro atoms. The van der Waals surface area contributed by atoms with Crippen molar-refractivity contribution in [1.82, 2.24) is 4.90 Å². The van der Waals surface area contributed by atoms with Crippen molar-refractivity contribution in [3.05, 3.63) is 65.7 Å². The molecule has 3 amide bonds. The van der Waals surface area contributed by atoms with Crippen LogP contribution in [-0.2, 0) is 4.79 Å². The van der Waals surface area contributed by atoms with Crippen molar-refractivity contribution in [1.29, 1.82) is 0 Å². The standard InChI is InChI=1S/C25H30N2O3/c28-23(26-20-14-8-7-9-15-20)18-10-5-3-1-2-4-6-13-19-27-24(29)21-16-11-12-17-22(21)25(27)30/h7-9,11-12,14-17H,1-6,10,13,18-19H2,(H,26,28). The van der Waals surface area contributed by atoms with Crippen LogP contribution < -0.4 is 5.32 Å². The molecule has 0 bridgehead atoms. The molecule has 0 saturated carbocycles. The molecule has 1 aliphatic rings. The molecule has 2 aromatic carbocycles. The van der Waals surface area contributed by atoms with E-state index in [-0.39, 0.29) is 17.7 Å². The first kappa shape index (κ1) is 21.8. The molecule has 0 saturated heterocycles. The average molecular weight is 407 g/mol. The lowest BCUT2D eigenvalue weighted by Gasteiger charge is -2.13. The summed E-state index contributed by atoms with van der Waals surface area (Å²) in [6.07, 6.45) is 8.98. The number of fused-ring (bicyclic) bond motifs is 1.